The maximum absolute atomic E-state index is 10.8. The minimum absolute atomic E-state index is 0.118. The van der Waals surface area contributed by atoms with Crippen molar-refractivity contribution < 1.29 is 19.4 Å². The van der Waals surface area contributed by atoms with Crippen molar-refractivity contribution in [2.45, 2.75) is 31.5 Å². The Kier molecular flexibility index (Phi) is 3.74. The molecule has 0 saturated carbocycles. The first-order valence-corrected chi connectivity index (χ1v) is 5.56. The first-order chi connectivity index (χ1) is 7.75. The van der Waals surface area contributed by atoms with E-state index in [0.717, 1.165) is 19.3 Å². The summed E-state index contributed by atoms with van der Waals surface area (Å²) in [7, 11) is 0. The highest BCUT2D eigenvalue weighted by molar-refractivity contribution is 5.72. The smallest absolute Gasteiger partial charge is 0.335 e. The summed E-state index contributed by atoms with van der Waals surface area (Å²) in [5.74, 6) is -0.942. The molecule has 1 aliphatic carbocycles. The normalized spacial score (nSPS) is 29.9. The first-order valence-electron chi connectivity index (χ1n) is 5.56. The molecule has 0 aromatic rings. The van der Waals surface area contributed by atoms with Crippen molar-refractivity contribution in [2.75, 3.05) is 13.2 Å². The summed E-state index contributed by atoms with van der Waals surface area (Å²) >= 11 is 0. The Morgan fingerprint density at radius 3 is 3.06 bits per heavy atom. The summed E-state index contributed by atoms with van der Waals surface area (Å²) in [5.41, 5.74) is 1.31. The third-order valence-electron chi connectivity index (χ3n) is 2.80. The van der Waals surface area contributed by atoms with Gasteiger partial charge in [0.1, 0.15) is 0 Å². The molecule has 0 bridgehead atoms. The molecule has 1 fully saturated rings. The van der Waals surface area contributed by atoms with Gasteiger partial charge in [0.2, 0.25) is 0 Å². The van der Waals surface area contributed by atoms with Crippen LogP contribution in [0.5, 0.6) is 0 Å². The SMILES string of the molecule is O=C(O)C1COCC(CC2=CC=CCC2)O1. The van der Waals surface area contributed by atoms with Gasteiger partial charge in [0.15, 0.2) is 6.10 Å². The zero-order valence-electron chi connectivity index (χ0n) is 9.09. The topological polar surface area (TPSA) is 55.8 Å². The van der Waals surface area contributed by atoms with Crippen LogP contribution in [0.3, 0.4) is 0 Å². The molecule has 4 nitrogen and oxygen atoms in total. The predicted octanol–water partition coefficient (Wildman–Crippen LogP) is 1.52. The largest absolute Gasteiger partial charge is 0.479 e. The maximum atomic E-state index is 10.8. The van der Waals surface area contributed by atoms with Crippen LogP contribution in [-0.4, -0.2) is 36.5 Å². The van der Waals surface area contributed by atoms with Crippen molar-refractivity contribution in [3.8, 4) is 0 Å². The Balaban J connectivity index is 1.87. The van der Waals surface area contributed by atoms with E-state index in [0.29, 0.717) is 6.61 Å². The molecule has 0 aromatic carbocycles. The van der Waals surface area contributed by atoms with Gasteiger partial charge >= 0.3 is 5.97 Å². The zero-order chi connectivity index (χ0) is 11.4. The highest BCUT2D eigenvalue weighted by atomic mass is 16.6. The lowest BCUT2D eigenvalue weighted by atomic mass is 9.99. The van der Waals surface area contributed by atoms with Crippen molar-refractivity contribution in [1.82, 2.24) is 0 Å². The van der Waals surface area contributed by atoms with Crippen molar-refractivity contribution in [3.05, 3.63) is 23.8 Å². The molecule has 1 heterocycles. The molecule has 0 radical (unpaired) electrons. The lowest BCUT2D eigenvalue weighted by molar-refractivity contribution is -0.178. The summed E-state index contributed by atoms with van der Waals surface area (Å²) < 4.78 is 10.7. The molecule has 2 atom stereocenters. The summed E-state index contributed by atoms with van der Waals surface area (Å²) in [6.45, 7) is 0.648. The number of hydrogen-bond donors (Lipinski definition) is 1. The highest BCUT2D eigenvalue weighted by Gasteiger charge is 2.28. The molecule has 2 aliphatic rings. The van der Waals surface area contributed by atoms with Crippen LogP contribution < -0.4 is 0 Å². The lowest BCUT2D eigenvalue weighted by Crippen LogP contribution is -2.41. The molecule has 16 heavy (non-hydrogen) atoms. The average Bonchev–Trinajstić information content (AvgIpc) is 2.30. The monoisotopic (exact) mass is 224 g/mol. The second kappa shape index (κ2) is 5.27. The van der Waals surface area contributed by atoms with Gasteiger partial charge < -0.3 is 14.6 Å². The Bertz CT molecular complexity index is 319. The molecular formula is C12H16O4. The molecule has 88 valence electrons. The summed E-state index contributed by atoms with van der Waals surface area (Å²) in [4.78, 5) is 10.8. The molecule has 1 saturated heterocycles. The van der Waals surface area contributed by atoms with Gasteiger partial charge in [0.05, 0.1) is 19.3 Å². The van der Waals surface area contributed by atoms with Gasteiger partial charge in [-0.05, 0) is 19.3 Å². The lowest BCUT2D eigenvalue weighted by Gasteiger charge is -2.28. The van der Waals surface area contributed by atoms with E-state index in [-0.39, 0.29) is 12.7 Å². The Hall–Kier alpha value is -1.13. The van der Waals surface area contributed by atoms with E-state index >= 15 is 0 Å². The molecule has 1 aliphatic heterocycles. The second-order valence-corrected chi connectivity index (χ2v) is 4.12. The number of allylic oxidation sites excluding steroid dienone is 3. The van der Waals surface area contributed by atoms with Crippen LogP contribution in [0.2, 0.25) is 0 Å². The van der Waals surface area contributed by atoms with Crippen LogP contribution in [0.25, 0.3) is 0 Å². The van der Waals surface area contributed by atoms with Crippen molar-refractivity contribution >= 4 is 5.97 Å². The van der Waals surface area contributed by atoms with Crippen LogP contribution >= 0.6 is 0 Å². The number of hydrogen-bond acceptors (Lipinski definition) is 3. The third-order valence-corrected chi connectivity index (χ3v) is 2.80. The fraction of sp³-hybridized carbons (Fsp3) is 0.583. The number of ether oxygens (including phenoxy) is 2. The van der Waals surface area contributed by atoms with E-state index in [2.05, 4.69) is 12.2 Å². The molecular weight excluding hydrogens is 208 g/mol. The number of carbonyl (C=O) groups is 1. The van der Waals surface area contributed by atoms with Gasteiger partial charge in [0.25, 0.3) is 0 Å². The van der Waals surface area contributed by atoms with Gasteiger partial charge in [-0.15, -0.1) is 0 Å². The van der Waals surface area contributed by atoms with Gasteiger partial charge in [0, 0.05) is 0 Å². The van der Waals surface area contributed by atoms with E-state index in [1.807, 2.05) is 6.08 Å². The van der Waals surface area contributed by atoms with Crippen LogP contribution in [0, 0.1) is 0 Å². The minimum Gasteiger partial charge on any atom is -0.479 e. The Morgan fingerprint density at radius 2 is 2.38 bits per heavy atom. The summed E-state index contributed by atoms with van der Waals surface area (Å²) in [6.07, 6.45) is 8.19. The molecule has 0 aromatic heterocycles. The third kappa shape index (κ3) is 2.93. The molecule has 2 rings (SSSR count). The highest BCUT2D eigenvalue weighted by Crippen LogP contribution is 2.21. The van der Waals surface area contributed by atoms with Gasteiger partial charge in [-0.3, -0.25) is 0 Å². The van der Waals surface area contributed by atoms with Crippen LogP contribution in [0.4, 0.5) is 0 Å². The Morgan fingerprint density at radius 1 is 1.50 bits per heavy atom. The van der Waals surface area contributed by atoms with E-state index in [1.165, 1.54) is 5.57 Å². The van der Waals surface area contributed by atoms with Gasteiger partial charge in [-0.25, -0.2) is 4.79 Å². The van der Waals surface area contributed by atoms with E-state index in [9.17, 15) is 4.79 Å². The number of aliphatic carboxylic acids is 1. The molecule has 2 unspecified atom stereocenters. The van der Waals surface area contributed by atoms with E-state index < -0.39 is 12.1 Å². The number of carboxylic acid groups (broad SMARTS) is 1. The molecule has 4 heteroatoms. The number of carboxylic acids is 1. The average molecular weight is 224 g/mol. The molecule has 0 amide bonds. The molecule has 0 spiro atoms. The van der Waals surface area contributed by atoms with Gasteiger partial charge in [-0.2, -0.15) is 0 Å². The standard InChI is InChI=1S/C12H16O4/c13-12(14)11-8-15-7-10(16-11)6-9-4-2-1-3-5-9/h1-2,4,10-11H,3,5-8H2,(H,13,14). The first kappa shape index (κ1) is 11.4. The van der Waals surface area contributed by atoms with Crippen LogP contribution in [0.1, 0.15) is 19.3 Å². The zero-order valence-corrected chi connectivity index (χ0v) is 9.09. The molecule has 1 N–H and O–H groups in total. The summed E-state index contributed by atoms with van der Waals surface area (Å²) in [6, 6.07) is 0. The second-order valence-electron chi connectivity index (χ2n) is 4.12. The quantitative estimate of drug-likeness (QED) is 0.789. The van der Waals surface area contributed by atoms with E-state index in [1.54, 1.807) is 0 Å². The van der Waals surface area contributed by atoms with Crippen molar-refractivity contribution in [1.29, 1.82) is 0 Å². The summed E-state index contributed by atoms with van der Waals surface area (Å²) in [5, 5.41) is 8.83. The predicted molar refractivity (Wildman–Crippen MR) is 58.2 cm³/mol. The minimum atomic E-state index is -0.942. The fourth-order valence-electron chi connectivity index (χ4n) is 1.97. The van der Waals surface area contributed by atoms with Crippen LogP contribution in [-0.2, 0) is 14.3 Å². The van der Waals surface area contributed by atoms with Gasteiger partial charge in [-0.1, -0.05) is 23.8 Å². The fourth-order valence-corrected chi connectivity index (χ4v) is 1.97. The van der Waals surface area contributed by atoms with Crippen molar-refractivity contribution in [3.63, 3.8) is 0 Å². The van der Waals surface area contributed by atoms with Crippen LogP contribution in [0.15, 0.2) is 23.8 Å². The number of rotatable bonds is 3. The van der Waals surface area contributed by atoms with E-state index in [4.69, 9.17) is 14.6 Å². The van der Waals surface area contributed by atoms with Crippen molar-refractivity contribution in [2.24, 2.45) is 0 Å². The Labute approximate surface area is 94.5 Å². The maximum Gasteiger partial charge on any atom is 0.335 e.